The summed E-state index contributed by atoms with van der Waals surface area (Å²) in [5, 5.41) is 1.38. The molecule has 1 aromatic carbocycles. The minimum absolute atomic E-state index is 0. The first kappa shape index (κ1) is 13.8. The van der Waals surface area contributed by atoms with E-state index in [9.17, 15) is 4.39 Å². The largest absolute Gasteiger partial charge is 0.207 e. The van der Waals surface area contributed by atoms with Crippen LogP contribution in [0.5, 0.6) is 0 Å². The van der Waals surface area contributed by atoms with Gasteiger partial charge < -0.3 is 0 Å². The van der Waals surface area contributed by atoms with Gasteiger partial charge in [-0.2, -0.15) is 0 Å². The Bertz CT molecular complexity index is 155. The van der Waals surface area contributed by atoms with Crippen molar-refractivity contribution < 1.29 is 22.7 Å². The van der Waals surface area contributed by atoms with Crippen LogP contribution >= 0.6 is 17.0 Å². The van der Waals surface area contributed by atoms with Crippen molar-refractivity contribution in [1.29, 1.82) is 0 Å². The Labute approximate surface area is 87.6 Å². The predicted molar refractivity (Wildman–Crippen MR) is 47.2 cm³/mol. The fourth-order valence-corrected chi connectivity index (χ4v) is 0.415. The minimum atomic E-state index is -0.178. The molecule has 0 nitrogen and oxygen atoms in total. The van der Waals surface area contributed by atoms with Crippen LogP contribution in [0.4, 0.5) is 4.39 Å². The smallest absolute Gasteiger partial charge is 0.123 e. The second-order valence-corrected chi connectivity index (χ2v) is 3.89. The van der Waals surface area contributed by atoms with Gasteiger partial charge in [-0.15, -0.1) is 17.0 Å². The zero-order valence-corrected chi connectivity index (χ0v) is 11.3. The Balaban J connectivity index is 0. The molecule has 1 aromatic rings. The summed E-state index contributed by atoms with van der Waals surface area (Å²) in [6.07, 6.45) is 0. The number of hydrogen-bond acceptors (Lipinski definition) is 0. The molecule has 0 amide bonds. The molecular formula is C8H11BrFZn. The molecule has 0 heterocycles. The van der Waals surface area contributed by atoms with Gasteiger partial charge in [0.25, 0.3) is 0 Å². The topological polar surface area (TPSA) is 0 Å². The molecule has 0 unspecified atom stereocenters. The average Bonchev–Trinajstić information content (AvgIpc) is 1.91. The summed E-state index contributed by atoms with van der Waals surface area (Å²) in [5.74, 6) is -0.178. The number of benzene rings is 1. The molecule has 0 saturated carbocycles. The third-order valence-corrected chi connectivity index (χ3v) is 0.733. The van der Waals surface area contributed by atoms with E-state index in [2.05, 4.69) is 6.92 Å². The van der Waals surface area contributed by atoms with Gasteiger partial charge in [0.1, 0.15) is 5.82 Å². The molecule has 0 saturated heterocycles. The van der Waals surface area contributed by atoms with Crippen molar-refractivity contribution in [3.63, 3.8) is 0 Å². The van der Waals surface area contributed by atoms with Crippen LogP contribution in [-0.2, 0) is 18.3 Å². The van der Waals surface area contributed by atoms with Crippen molar-refractivity contribution in [2.75, 3.05) is 0 Å². The van der Waals surface area contributed by atoms with E-state index in [1.165, 1.54) is 35.5 Å². The van der Waals surface area contributed by atoms with Crippen LogP contribution in [-0.4, -0.2) is 0 Å². The standard InChI is InChI=1S/C6H5F.C2H5.BrH.Zn/c7-6-4-2-1-3-5-6;1-2;;/h1-5H;1H2,2H3;1H;. The molecule has 1 rings (SSSR count). The number of rotatable bonds is 0. The molecular weight excluding hydrogens is 260 g/mol. The minimum Gasteiger partial charge on any atom is -0.207 e. The van der Waals surface area contributed by atoms with Crippen molar-refractivity contribution in [2.45, 2.75) is 11.9 Å². The third kappa shape index (κ3) is 10.3. The van der Waals surface area contributed by atoms with Crippen LogP contribution in [0.25, 0.3) is 0 Å². The maximum Gasteiger partial charge on any atom is 0.123 e. The van der Waals surface area contributed by atoms with Gasteiger partial charge in [-0.1, -0.05) is 18.2 Å². The molecule has 3 heteroatoms. The summed E-state index contributed by atoms with van der Waals surface area (Å²) in [6, 6.07) is 7.94. The maximum atomic E-state index is 11.9. The molecule has 0 N–H and O–H groups in total. The molecule has 59 valence electrons. The van der Waals surface area contributed by atoms with Crippen LogP contribution in [0.15, 0.2) is 30.3 Å². The summed E-state index contributed by atoms with van der Waals surface area (Å²) >= 11 is 1.44. The quantitative estimate of drug-likeness (QED) is 0.635. The monoisotopic (exact) mass is 269 g/mol. The van der Waals surface area contributed by atoms with Crippen molar-refractivity contribution in [3.05, 3.63) is 36.1 Å². The van der Waals surface area contributed by atoms with Gasteiger partial charge >= 0.3 is 30.2 Å². The molecule has 11 heavy (non-hydrogen) atoms. The van der Waals surface area contributed by atoms with Crippen LogP contribution in [0, 0.1) is 5.82 Å². The average molecular weight is 271 g/mol. The Hall–Kier alpha value is 0.253. The zero-order valence-electron chi connectivity index (χ0n) is 6.59. The van der Waals surface area contributed by atoms with Gasteiger partial charge in [0.2, 0.25) is 0 Å². The fraction of sp³-hybridized carbons (Fsp3) is 0.250. The van der Waals surface area contributed by atoms with Crippen LogP contribution < -0.4 is 0 Å². The predicted octanol–water partition coefficient (Wildman–Crippen LogP) is 3.38. The van der Waals surface area contributed by atoms with E-state index in [1.54, 1.807) is 18.2 Å². The SMILES string of the molecule is Br.C[CH2][Zn].Fc1ccccc1. The Kier molecular flexibility index (Phi) is 12.9. The van der Waals surface area contributed by atoms with Gasteiger partial charge in [0.05, 0.1) is 0 Å². The normalized spacial score (nSPS) is 7.27. The Morgan fingerprint density at radius 3 is 1.82 bits per heavy atom. The summed E-state index contributed by atoms with van der Waals surface area (Å²) in [4.78, 5) is 0. The van der Waals surface area contributed by atoms with Gasteiger partial charge in [-0.3, -0.25) is 0 Å². The van der Waals surface area contributed by atoms with E-state index >= 15 is 0 Å². The summed E-state index contributed by atoms with van der Waals surface area (Å²) in [7, 11) is 0. The van der Waals surface area contributed by atoms with Crippen molar-refractivity contribution in [3.8, 4) is 0 Å². The van der Waals surface area contributed by atoms with Gasteiger partial charge in [0, 0.05) is 0 Å². The Morgan fingerprint density at radius 2 is 1.64 bits per heavy atom. The first-order valence-electron chi connectivity index (χ1n) is 3.31. The third-order valence-electron chi connectivity index (χ3n) is 0.733. The number of hydrogen-bond donors (Lipinski definition) is 0. The van der Waals surface area contributed by atoms with E-state index in [0.29, 0.717) is 0 Å². The van der Waals surface area contributed by atoms with E-state index in [-0.39, 0.29) is 22.8 Å². The Morgan fingerprint density at radius 1 is 1.27 bits per heavy atom. The van der Waals surface area contributed by atoms with Crippen LogP contribution in [0.1, 0.15) is 6.92 Å². The second kappa shape index (κ2) is 10.3. The van der Waals surface area contributed by atoms with Crippen molar-refractivity contribution in [2.24, 2.45) is 0 Å². The van der Waals surface area contributed by atoms with Crippen molar-refractivity contribution >= 4 is 17.0 Å². The summed E-state index contributed by atoms with van der Waals surface area (Å²) in [5.41, 5.74) is 0. The first-order chi connectivity index (χ1) is 4.81. The summed E-state index contributed by atoms with van der Waals surface area (Å²) < 4.78 is 11.9. The van der Waals surface area contributed by atoms with Gasteiger partial charge in [-0.25, -0.2) is 4.39 Å². The maximum absolute atomic E-state index is 11.9. The molecule has 0 fully saturated rings. The molecule has 0 aliphatic heterocycles. The molecule has 0 atom stereocenters. The van der Waals surface area contributed by atoms with Gasteiger partial charge in [0.15, 0.2) is 0 Å². The molecule has 0 bridgehead atoms. The molecule has 0 radical (unpaired) electrons. The molecule has 0 aliphatic rings. The van der Waals surface area contributed by atoms with E-state index in [4.69, 9.17) is 0 Å². The van der Waals surface area contributed by atoms with Gasteiger partial charge in [-0.05, 0) is 12.1 Å². The molecule has 0 aromatic heterocycles. The molecule has 0 spiro atoms. The number of halogens is 2. The van der Waals surface area contributed by atoms with Crippen LogP contribution in [0.3, 0.4) is 0 Å². The fourth-order valence-electron chi connectivity index (χ4n) is 0.415. The van der Waals surface area contributed by atoms with E-state index in [0.717, 1.165) is 0 Å². The van der Waals surface area contributed by atoms with Crippen molar-refractivity contribution in [1.82, 2.24) is 0 Å². The zero-order chi connectivity index (χ0) is 7.82. The second-order valence-electron chi connectivity index (χ2n) is 1.80. The van der Waals surface area contributed by atoms with E-state index in [1.807, 2.05) is 0 Å². The summed E-state index contributed by atoms with van der Waals surface area (Å²) in [6.45, 7) is 2.18. The van der Waals surface area contributed by atoms with E-state index < -0.39 is 0 Å². The first-order valence-corrected chi connectivity index (χ1v) is 5.40. The van der Waals surface area contributed by atoms with Crippen LogP contribution in [0.2, 0.25) is 5.02 Å². The molecule has 0 aliphatic carbocycles.